The molecule has 0 bridgehead atoms. The van der Waals surface area contributed by atoms with Crippen molar-refractivity contribution in [1.82, 2.24) is 0 Å². The molecular weight excluding hydrogens is 231 g/mol. The summed E-state index contributed by atoms with van der Waals surface area (Å²) in [4.78, 5) is 0. The van der Waals surface area contributed by atoms with E-state index in [1.54, 1.807) is 0 Å². The molecular formula is C2H2O2Si2Sn. The van der Waals surface area contributed by atoms with Crippen molar-refractivity contribution in [1.29, 1.82) is 0 Å². The minimum absolute atomic E-state index is 0.0671. The van der Waals surface area contributed by atoms with E-state index in [0.717, 1.165) is 0 Å². The third-order valence-electron chi connectivity index (χ3n) is 0.201. The molecule has 0 aliphatic carbocycles. The van der Waals surface area contributed by atoms with Crippen molar-refractivity contribution in [3.8, 4) is 12.0 Å². The Bertz CT molecular complexity index is 97.8. The Kier molecular flexibility index (Phi) is 6.75. The summed E-state index contributed by atoms with van der Waals surface area (Å²) in [5, 5.41) is 0. The molecule has 0 spiro atoms. The number of hydrogen-bond donors (Lipinski definition) is 0. The third kappa shape index (κ3) is 6.39. The zero-order chi connectivity index (χ0) is 5.54. The fraction of sp³-hybridized carbons (Fsp3) is 0. The maximum absolute atomic E-state index is 5.00. The van der Waals surface area contributed by atoms with Crippen molar-refractivity contribution in [3.05, 3.63) is 0 Å². The number of rotatable bonds is 2. The summed E-state index contributed by atoms with van der Waals surface area (Å²) in [6, 6.07) is 10.00. The molecule has 0 fully saturated rings. The molecule has 2 nitrogen and oxygen atoms in total. The van der Waals surface area contributed by atoms with Gasteiger partial charge in [0.05, 0.1) is 0 Å². The van der Waals surface area contributed by atoms with Gasteiger partial charge in [-0.3, -0.25) is 0 Å². The van der Waals surface area contributed by atoms with Crippen LogP contribution >= 0.6 is 0 Å². The summed E-state index contributed by atoms with van der Waals surface area (Å²) in [7, 11) is 0.134. The van der Waals surface area contributed by atoms with Crippen LogP contribution in [0.15, 0.2) is 0 Å². The van der Waals surface area contributed by atoms with Crippen molar-refractivity contribution < 1.29 is 5.53 Å². The summed E-state index contributed by atoms with van der Waals surface area (Å²) >= 11 is -1.04. The van der Waals surface area contributed by atoms with Crippen LogP contribution in [0.25, 0.3) is 0 Å². The molecule has 0 atom stereocenters. The van der Waals surface area contributed by atoms with Gasteiger partial charge in [0, 0.05) is 0 Å². The van der Waals surface area contributed by atoms with Crippen molar-refractivity contribution in [2.24, 2.45) is 0 Å². The van der Waals surface area contributed by atoms with Crippen LogP contribution in [0.3, 0.4) is 0 Å². The zero-order valence-electron chi connectivity index (χ0n) is 3.47. The Morgan fingerprint density at radius 1 is 1.14 bits per heavy atom. The van der Waals surface area contributed by atoms with E-state index in [2.05, 4.69) is 0 Å². The SMILES string of the molecule is C#[Si][O][Sn][O][Si]#C. The van der Waals surface area contributed by atoms with E-state index in [9.17, 15) is 0 Å². The molecule has 2 radical (unpaired) electrons. The average molecular weight is 233 g/mol. The molecule has 0 amide bonds. The van der Waals surface area contributed by atoms with E-state index in [0.29, 0.717) is 0 Å². The second kappa shape index (κ2) is 6.39. The van der Waals surface area contributed by atoms with Gasteiger partial charge in [-0.1, -0.05) is 0 Å². The molecule has 0 saturated heterocycles. The van der Waals surface area contributed by atoms with Crippen LogP contribution in [0.5, 0.6) is 0 Å². The molecule has 0 heterocycles. The molecule has 0 aliphatic heterocycles. The van der Waals surface area contributed by atoms with Crippen LogP contribution in [0, 0.1) is 12.0 Å². The Balaban J connectivity index is 2.77. The first-order valence-electron chi connectivity index (χ1n) is 1.39. The summed E-state index contributed by atoms with van der Waals surface area (Å²) in [6.45, 7) is 0. The molecule has 0 unspecified atom stereocenters. The summed E-state index contributed by atoms with van der Waals surface area (Å²) < 4.78 is 9.51. The van der Waals surface area contributed by atoms with Gasteiger partial charge in [0.1, 0.15) is 0 Å². The predicted octanol–water partition coefficient (Wildman–Crippen LogP) is -1.03. The van der Waals surface area contributed by atoms with Gasteiger partial charge < -0.3 is 0 Å². The van der Waals surface area contributed by atoms with Gasteiger partial charge in [-0.2, -0.15) is 0 Å². The second-order valence-electron chi connectivity index (χ2n) is 0.523. The minimum atomic E-state index is -1.04. The summed E-state index contributed by atoms with van der Waals surface area (Å²) in [5.74, 6) is 0. The Hall–Kier alpha value is 0.392. The van der Waals surface area contributed by atoms with Crippen molar-refractivity contribution >= 4 is 40.4 Å². The maximum atomic E-state index is 5.00. The Morgan fingerprint density at radius 2 is 1.57 bits per heavy atom. The second-order valence-corrected chi connectivity index (χ2v) is 5.37. The number of hydrogen-bond acceptors (Lipinski definition) is 2. The normalized spacial score (nSPS) is 5.43. The van der Waals surface area contributed by atoms with Gasteiger partial charge in [0.2, 0.25) is 0 Å². The van der Waals surface area contributed by atoms with Crippen LogP contribution < -0.4 is 0 Å². The van der Waals surface area contributed by atoms with Crippen molar-refractivity contribution in [2.45, 2.75) is 0 Å². The van der Waals surface area contributed by atoms with Gasteiger partial charge in [0.15, 0.2) is 0 Å². The van der Waals surface area contributed by atoms with E-state index in [4.69, 9.17) is 17.5 Å². The molecule has 0 aromatic carbocycles. The topological polar surface area (TPSA) is 18.5 Å². The van der Waals surface area contributed by atoms with Crippen LogP contribution in [0.2, 0.25) is 0 Å². The quantitative estimate of drug-likeness (QED) is 0.448. The molecule has 0 aliphatic rings. The van der Waals surface area contributed by atoms with E-state index >= 15 is 0 Å². The Labute approximate surface area is 58.0 Å². The summed E-state index contributed by atoms with van der Waals surface area (Å²) in [6.07, 6.45) is 0. The zero-order valence-corrected chi connectivity index (χ0v) is 8.33. The fourth-order valence-electron chi connectivity index (χ4n) is 0.0689. The first-order chi connectivity index (χ1) is 3.41. The monoisotopic (exact) mass is 234 g/mol. The fourth-order valence-corrected chi connectivity index (χ4v) is 2.23. The van der Waals surface area contributed by atoms with Crippen molar-refractivity contribution in [3.63, 3.8) is 0 Å². The van der Waals surface area contributed by atoms with Gasteiger partial charge in [-0.25, -0.2) is 0 Å². The summed E-state index contributed by atoms with van der Waals surface area (Å²) in [5.41, 5.74) is 0. The molecule has 7 heavy (non-hydrogen) atoms. The van der Waals surface area contributed by atoms with Gasteiger partial charge >= 0.3 is 57.9 Å². The van der Waals surface area contributed by atoms with E-state index in [1.165, 1.54) is 0 Å². The molecule has 0 aromatic rings. The predicted molar refractivity (Wildman–Crippen MR) is 29.3 cm³/mol. The van der Waals surface area contributed by atoms with Gasteiger partial charge in [0.25, 0.3) is 0 Å². The first kappa shape index (κ1) is 7.39. The van der Waals surface area contributed by atoms with Crippen LogP contribution in [0.1, 0.15) is 0 Å². The third-order valence-corrected chi connectivity index (χ3v) is 4.05. The Morgan fingerprint density at radius 3 is 1.86 bits per heavy atom. The molecule has 0 saturated carbocycles. The molecule has 5 heteroatoms. The van der Waals surface area contributed by atoms with Crippen LogP contribution in [-0.4, -0.2) is 40.4 Å². The molecule has 0 aromatic heterocycles. The van der Waals surface area contributed by atoms with E-state index in [1.807, 2.05) is 0 Å². The van der Waals surface area contributed by atoms with Crippen molar-refractivity contribution in [2.75, 3.05) is 0 Å². The van der Waals surface area contributed by atoms with E-state index in [-0.39, 0.29) is 18.4 Å². The molecule has 0 rings (SSSR count). The molecule has 0 N–H and O–H groups in total. The first-order valence-corrected chi connectivity index (χ1v) is 5.70. The molecule has 34 valence electrons. The van der Waals surface area contributed by atoms with Gasteiger partial charge in [-0.15, -0.1) is 0 Å². The average Bonchev–Trinajstić information content (AvgIpc) is 1.69. The van der Waals surface area contributed by atoms with Crippen LogP contribution in [-0.2, 0) is 5.53 Å². The van der Waals surface area contributed by atoms with Gasteiger partial charge in [-0.05, 0) is 0 Å². The van der Waals surface area contributed by atoms with Crippen LogP contribution in [0.4, 0.5) is 0 Å². The van der Waals surface area contributed by atoms with E-state index < -0.39 is 22.0 Å². The standard InChI is InChI=1S/2CHOSi.Sn/c2*1-3-2;/h2*1H;/q2*-1;+2.